The second-order valence-corrected chi connectivity index (χ2v) is 3.12. The van der Waals surface area contributed by atoms with E-state index in [1.165, 1.54) is 25.7 Å². The molecule has 1 aliphatic carbocycles. The lowest BCUT2D eigenvalue weighted by Crippen LogP contribution is -2.16. The van der Waals surface area contributed by atoms with Gasteiger partial charge >= 0.3 is 0 Å². The number of hydrogen-bond donors (Lipinski definition) is 0. The maximum Gasteiger partial charge on any atom is 0.155 e. The molecule has 1 heteroatoms. The number of epoxide rings is 1. The number of hydrogen-bond acceptors (Lipinski definition) is 1. The third-order valence-electron chi connectivity index (χ3n) is 2.42. The maximum atomic E-state index is 5.53. The Bertz CT molecular complexity index is 199. The van der Waals surface area contributed by atoms with Gasteiger partial charge in [0.2, 0.25) is 0 Å². The van der Waals surface area contributed by atoms with Crippen LogP contribution in [-0.4, -0.2) is 11.7 Å². The Morgan fingerprint density at radius 3 is 3.10 bits per heavy atom. The number of fused-ring (bicyclic) bond motifs is 1. The number of rotatable bonds is 0. The largest absolute Gasteiger partial charge is 0.352 e. The molecule has 0 N–H and O–H groups in total. The zero-order valence-electron chi connectivity index (χ0n) is 6.31. The minimum absolute atomic E-state index is 0.0347. The van der Waals surface area contributed by atoms with Gasteiger partial charge in [-0.05, 0) is 26.2 Å². The lowest BCUT2D eigenvalue weighted by atomic mass is 9.90. The first kappa shape index (κ1) is 6.24. The Morgan fingerprint density at radius 1 is 1.50 bits per heavy atom. The van der Waals surface area contributed by atoms with Gasteiger partial charge in [-0.25, -0.2) is 0 Å². The van der Waals surface area contributed by atoms with Crippen molar-refractivity contribution in [2.75, 3.05) is 0 Å². The molecule has 1 heterocycles. The van der Waals surface area contributed by atoms with E-state index < -0.39 is 0 Å². The summed E-state index contributed by atoms with van der Waals surface area (Å²) in [6.07, 6.45) is 5.52. The van der Waals surface area contributed by atoms with Gasteiger partial charge in [-0.2, -0.15) is 0 Å². The summed E-state index contributed by atoms with van der Waals surface area (Å²) in [7, 11) is 0. The van der Waals surface area contributed by atoms with Crippen molar-refractivity contribution in [3.63, 3.8) is 0 Å². The van der Waals surface area contributed by atoms with Crippen LogP contribution in [0, 0.1) is 11.8 Å². The Morgan fingerprint density at radius 2 is 2.40 bits per heavy atom. The van der Waals surface area contributed by atoms with E-state index in [1.54, 1.807) is 0 Å². The second kappa shape index (κ2) is 2.00. The highest BCUT2D eigenvalue weighted by Crippen LogP contribution is 2.47. The van der Waals surface area contributed by atoms with Crippen molar-refractivity contribution in [3.05, 3.63) is 0 Å². The van der Waals surface area contributed by atoms with Gasteiger partial charge in [0, 0.05) is 0 Å². The summed E-state index contributed by atoms with van der Waals surface area (Å²) in [6, 6.07) is 0. The summed E-state index contributed by atoms with van der Waals surface area (Å²) >= 11 is 0. The third kappa shape index (κ3) is 0.759. The Balaban J connectivity index is 2.09. The van der Waals surface area contributed by atoms with Gasteiger partial charge in [0.25, 0.3) is 0 Å². The molecule has 0 bridgehead atoms. The average Bonchev–Trinajstić information content (AvgIpc) is 2.62. The summed E-state index contributed by atoms with van der Waals surface area (Å²) in [5.41, 5.74) is 0.0347. The van der Waals surface area contributed by atoms with Crippen molar-refractivity contribution in [1.29, 1.82) is 0 Å². The molecule has 0 radical (unpaired) electrons. The van der Waals surface area contributed by atoms with Crippen molar-refractivity contribution in [2.45, 2.75) is 44.3 Å². The zero-order valence-corrected chi connectivity index (χ0v) is 6.31. The predicted molar refractivity (Wildman–Crippen MR) is 39.5 cm³/mol. The third-order valence-corrected chi connectivity index (χ3v) is 2.42. The van der Waals surface area contributed by atoms with E-state index in [9.17, 15) is 0 Å². The van der Waals surface area contributed by atoms with Crippen molar-refractivity contribution in [2.24, 2.45) is 0 Å². The molecule has 0 aromatic heterocycles. The van der Waals surface area contributed by atoms with E-state index >= 15 is 0 Å². The summed E-state index contributed by atoms with van der Waals surface area (Å²) in [5, 5.41) is 0. The molecule has 0 spiro atoms. The monoisotopic (exact) mass is 136 g/mol. The molecule has 0 aromatic rings. The van der Waals surface area contributed by atoms with Crippen molar-refractivity contribution in [1.82, 2.24) is 0 Å². The summed E-state index contributed by atoms with van der Waals surface area (Å²) < 4.78 is 5.53. The van der Waals surface area contributed by atoms with Crippen LogP contribution in [0.2, 0.25) is 0 Å². The van der Waals surface area contributed by atoms with Crippen LogP contribution in [0.5, 0.6) is 0 Å². The lowest BCUT2D eigenvalue weighted by molar-refractivity contribution is 0.336. The Kier molecular flexibility index (Phi) is 1.25. The van der Waals surface area contributed by atoms with E-state index in [-0.39, 0.29) is 5.60 Å². The van der Waals surface area contributed by atoms with Gasteiger partial charge in [-0.15, -0.1) is 5.92 Å². The van der Waals surface area contributed by atoms with E-state index in [0.717, 1.165) is 0 Å². The highest BCUT2D eigenvalue weighted by atomic mass is 16.6. The molecule has 0 amide bonds. The Labute approximate surface area is 61.8 Å². The van der Waals surface area contributed by atoms with Gasteiger partial charge < -0.3 is 4.74 Å². The molecule has 2 rings (SSSR count). The minimum atomic E-state index is 0.0347. The van der Waals surface area contributed by atoms with Crippen LogP contribution in [0.25, 0.3) is 0 Å². The fourth-order valence-corrected chi connectivity index (χ4v) is 1.83. The molecule has 1 nitrogen and oxygen atoms in total. The van der Waals surface area contributed by atoms with Gasteiger partial charge in [-0.3, -0.25) is 0 Å². The van der Waals surface area contributed by atoms with Crippen LogP contribution in [0.4, 0.5) is 0 Å². The van der Waals surface area contributed by atoms with E-state index in [1.807, 2.05) is 6.92 Å². The molecule has 1 saturated heterocycles. The molecule has 1 saturated carbocycles. The first-order chi connectivity index (χ1) is 4.87. The smallest absolute Gasteiger partial charge is 0.155 e. The van der Waals surface area contributed by atoms with Crippen LogP contribution in [0.15, 0.2) is 0 Å². The van der Waals surface area contributed by atoms with Crippen LogP contribution in [-0.2, 0) is 4.74 Å². The second-order valence-electron chi connectivity index (χ2n) is 3.12. The van der Waals surface area contributed by atoms with Crippen molar-refractivity contribution < 1.29 is 4.74 Å². The van der Waals surface area contributed by atoms with Crippen molar-refractivity contribution >= 4 is 0 Å². The molecule has 0 aromatic carbocycles. The fourth-order valence-electron chi connectivity index (χ4n) is 1.83. The molecule has 1 aliphatic heterocycles. The summed E-state index contributed by atoms with van der Waals surface area (Å²) in [5.74, 6) is 6.11. The SMILES string of the molecule is CC#CC12CCCCC1O2. The number of ether oxygens (including phenoxy) is 1. The van der Waals surface area contributed by atoms with Crippen LogP contribution in [0.3, 0.4) is 0 Å². The molecule has 2 fully saturated rings. The first-order valence-corrected chi connectivity index (χ1v) is 3.99. The molecule has 2 aliphatic rings. The van der Waals surface area contributed by atoms with Gasteiger partial charge in [0.05, 0.1) is 6.10 Å². The first-order valence-electron chi connectivity index (χ1n) is 3.99. The van der Waals surface area contributed by atoms with Gasteiger partial charge in [-0.1, -0.05) is 12.3 Å². The minimum Gasteiger partial charge on any atom is -0.352 e. The predicted octanol–water partition coefficient (Wildman–Crippen LogP) is 1.72. The standard InChI is InChI=1S/C9H12O/c1-2-6-9-7-4-3-5-8(9)10-9/h8H,3-5,7H2,1H3. The van der Waals surface area contributed by atoms with Crippen molar-refractivity contribution in [3.8, 4) is 11.8 Å². The highest BCUT2D eigenvalue weighted by Gasteiger charge is 2.56. The van der Waals surface area contributed by atoms with Crippen LogP contribution < -0.4 is 0 Å². The van der Waals surface area contributed by atoms with Crippen LogP contribution >= 0.6 is 0 Å². The lowest BCUT2D eigenvalue weighted by Gasteiger charge is -2.09. The molecule has 10 heavy (non-hydrogen) atoms. The zero-order chi connectivity index (χ0) is 7.03. The van der Waals surface area contributed by atoms with Gasteiger partial charge in [0.1, 0.15) is 0 Å². The molecular weight excluding hydrogens is 124 g/mol. The van der Waals surface area contributed by atoms with E-state index in [4.69, 9.17) is 4.74 Å². The normalized spacial score (nSPS) is 43.1. The summed E-state index contributed by atoms with van der Waals surface area (Å²) in [6.45, 7) is 1.89. The average molecular weight is 136 g/mol. The quantitative estimate of drug-likeness (QED) is 0.365. The van der Waals surface area contributed by atoms with Gasteiger partial charge in [0.15, 0.2) is 5.60 Å². The molecule has 2 atom stereocenters. The molecule has 2 unspecified atom stereocenters. The van der Waals surface area contributed by atoms with E-state index in [2.05, 4.69) is 11.8 Å². The highest BCUT2D eigenvalue weighted by molar-refractivity contribution is 5.25. The maximum absolute atomic E-state index is 5.53. The fraction of sp³-hybridized carbons (Fsp3) is 0.778. The molecular formula is C9H12O. The topological polar surface area (TPSA) is 12.5 Å². The Hall–Kier alpha value is -0.480. The van der Waals surface area contributed by atoms with Crippen LogP contribution in [0.1, 0.15) is 32.6 Å². The summed E-state index contributed by atoms with van der Waals surface area (Å²) in [4.78, 5) is 0. The van der Waals surface area contributed by atoms with E-state index in [0.29, 0.717) is 6.10 Å². The molecule has 54 valence electrons.